The van der Waals surface area contributed by atoms with Crippen LogP contribution in [0.5, 0.6) is 5.75 Å². The second kappa shape index (κ2) is 10.9. The highest BCUT2D eigenvalue weighted by Gasteiger charge is 2.25. The number of ether oxygens (including phenoxy) is 1. The number of nitrogens with one attached hydrogen (secondary N) is 1. The monoisotopic (exact) mass is 525 g/mol. The number of methoxy groups -OCH3 is 1. The Morgan fingerprint density at radius 3 is 2.53 bits per heavy atom. The lowest BCUT2D eigenvalue weighted by molar-refractivity contribution is 0.0628. The van der Waals surface area contributed by atoms with Crippen molar-refractivity contribution in [1.29, 1.82) is 0 Å². The van der Waals surface area contributed by atoms with Gasteiger partial charge >= 0.3 is 0 Å². The molecule has 5 rings (SSSR count). The second-order valence-electron chi connectivity index (χ2n) is 9.09. The summed E-state index contributed by atoms with van der Waals surface area (Å²) in [4.78, 5) is 24.4. The van der Waals surface area contributed by atoms with E-state index in [0.29, 0.717) is 35.2 Å². The van der Waals surface area contributed by atoms with Crippen LogP contribution in [0.25, 0.3) is 0 Å². The van der Waals surface area contributed by atoms with E-state index in [2.05, 4.69) is 32.2 Å². The van der Waals surface area contributed by atoms with E-state index in [4.69, 9.17) is 27.9 Å². The van der Waals surface area contributed by atoms with Crippen LogP contribution in [0.15, 0.2) is 54.7 Å². The molecule has 7 nitrogen and oxygen atoms in total. The number of carbonyl (C=O) groups is 1. The normalized spacial score (nSPS) is 15.9. The van der Waals surface area contributed by atoms with Gasteiger partial charge in [-0.15, -0.1) is 0 Å². The molecule has 0 aliphatic carbocycles. The van der Waals surface area contributed by atoms with Gasteiger partial charge in [0.2, 0.25) is 0 Å². The Hall–Kier alpha value is -3.00. The van der Waals surface area contributed by atoms with Crippen molar-refractivity contribution in [1.82, 2.24) is 14.8 Å². The summed E-state index contributed by atoms with van der Waals surface area (Å²) >= 11 is 12.6. The van der Waals surface area contributed by atoms with Crippen molar-refractivity contribution in [3.05, 3.63) is 81.5 Å². The van der Waals surface area contributed by atoms with Gasteiger partial charge < -0.3 is 19.9 Å². The number of aromatic nitrogens is 1. The average Bonchev–Trinajstić information content (AvgIpc) is 2.91. The number of benzene rings is 2. The lowest BCUT2D eigenvalue weighted by Gasteiger charge is -2.35. The summed E-state index contributed by atoms with van der Waals surface area (Å²) in [5.74, 6) is 1.65. The highest BCUT2D eigenvalue weighted by atomic mass is 35.5. The van der Waals surface area contributed by atoms with Crippen molar-refractivity contribution in [3.8, 4) is 5.75 Å². The van der Waals surface area contributed by atoms with Gasteiger partial charge in [-0.2, -0.15) is 0 Å². The fraction of sp³-hybridized carbons (Fsp3) is 0.333. The molecule has 36 heavy (non-hydrogen) atoms. The number of anilines is 2. The van der Waals surface area contributed by atoms with Crippen LogP contribution in [0.4, 0.5) is 11.5 Å². The molecule has 0 spiro atoms. The lowest BCUT2D eigenvalue weighted by Crippen LogP contribution is -2.48. The lowest BCUT2D eigenvalue weighted by atomic mass is 10.1. The second-order valence-corrected chi connectivity index (χ2v) is 9.94. The number of carbonyl (C=O) groups excluding carboxylic acids is 1. The molecule has 1 N–H and O–H groups in total. The van der Waals surface area contributed by atoms with E-state index in [1.807, 2.05) is 35.2 Å². The van der Waals surface area contributed by atoms with E-state index in [-0.39, 0.29) is 5.91 Å². The number of amides is 1. The van der Waals surface area contributed by atoms with Crippen molar-refractivity contribution in [2.75, 3.05) is 56.6 Å². The molecule has 0 radical (unpaired) electrons. The standard InChI is InChI=1S/C27H29Cl2N5O2/c1-36-23-5-2-19(3-6-23)17-32-10-12-33(13-11-32)27(35)20-15-25-26(31-16-20)30-8-9-34(25)18-21-14-22(28)4-7-24(21)29/h2-7,14-16H,8-13,17-18H2,1H3,(H,30,31). The van der Waals surface area contributed by atoms with Gasteiger partial charge in [0.05, 0.1) is 18.4 Å². The molecule has 2 aromatic carbocycles. The Bertz CT molecular complexity index is 1230. The van der Waals surface area contributed by atoms with E-state index >= 15 is 0 Å². The number of piperazine rings is 1. The maximum atomic E-state index is 13.4. The molecule has 1 amide bonds. The maximum Gasteiger partial charge on any atom is 0.255 e. The Morgan fingerprint density at radius 1 is 1.00 bits per heavy atom. The minimum Gasteiger partial charge on any atom is -0.497 e. The SMILES string of the molecule is COc1ccc(CN2CCN(C(=O)c3cnc4c(c3)N(Cc3cc(Cl)ccc3Cl)CCN4)CC2)cc1. The highest BCUT2D eigenvalue weighted by molar-refractivity contribution is 6.33. The summed E-state index contributed by atoms with van der Waals surface area (Å²) in [5, 5.41) is 4.66. The van der Waals surface area contributed by atoms with Crippen molar-refractivity contribution < 1.29 is 9.53 Å². The molecule has 0 bridgehead atoms. The molecule has 2 aliphatic rings. The van der Waals surface area contributed by atoms with Gasteiger partial charge in [0.1, 0.15) is 11.6 Å². The molecule has 0 atom stereocenters. The molecule has 3 heterocycles. The van der Waals surface area contributed by atoms with E-state index in [1.54, 1.807) is 19.4 Å². The van der Waals surface area contributed by atoms with Crippen LogP contribution < -0.4 is 15.0 Å². The zero-order chi connectivity index (χ0) is 25.1. The number of fused-ring (bicyclic) bond motifs is 1. The molecule has 2 aliphatic heterocycles. The first-order valence-electron chi connectivity index (χ1n) is 12.1. The van der Waals surface area contributed by atoms with E-state index in [1.165, 1.54) is 5.56 Å². The summed E-state index contributed by atoms with van der Waals surface area (Å²) in [6, 6.07) is 15.6. The van der Waals surface area contributed by atoms with Crippen LogP contribution in [0.2, 0.25) is 10.0 Å². The van der Waals surface area contributed by atoms with Crippen molar-refractivity contribution in [2.45, 2.75) is 13.1 Å². The molecule has 1 fully saturated rings. The number of hydrogen-bond donors (Lipinski definition) is 1. The Morgan fingerprint density at radius 2 is 1.78 bits per heavy atom. The summed E-state index contributed by atoms with van der Waals surface area (Å²) in [6.07, 6.45) is 1.67. The molecule has 1 saturated heterocycles. The largest absolute Gasteiger partial charge is 0.497 e. The first kappa shape index (κ1) is 24.7. The van der Waals surface area contributed by atoms with Crippen LogP contribution in [-0.4, -0.2) is 67.1 Å². The minimum absolute atomic E-state index is 0.0145. The zero-order valence-electron chi connectivity index (χ0n) is 20.2. The van der Waals surface area contributed by atoms with E-state index in [9.17, 15) is 4.79 Å². The summed E-state index contributed by atoms with van der Waals surface area (Å²) in [7, 11) is 1.67. The topological polar surface area (TPSA) is 60.9 Å². The van der Waals surface area contributed by atoms with Crippen LogP contribution in [-0.2, 0) is 13.1 Å². The van der Waals surface area contributed by atoms with Gasteiger partial charge in [0.25, 0.3) is 5.91 Å². The highest BCUT2D eigenvalue weighted by Crippen LogP contribution is 2.31. The predicted octanol–water partition coefficient (Wildman–Crippen LogP) is 4.79. The number of rotatable bonds is 6. The van der Waals surface area contributed by atoms with Crippen molar-refractivity contribution in [3.63, 3.8) is 0 Å². The fourth-order valence-electron chi connectivity index (χ4n) is 4.69. The van der Waals surface area contributed by atoms with Crippen molar-refractivity contribution >= 4 is 40.6 Å². The molecule has 188 valence electrons. The van der Waals surface area contributed by atoms with E-state index in [0.717, 1.165) is 55.5 Å². The molecule has 0 saturated carbocycles. The van der Waals surface area contributed by atoms with Gasteiger partial charge in [0.15, 0.2) is 0 Å². The van der Waals surface area contributed by atoms with Crippen LogP contribution in [0.1, 0.15) is 21.5 Å². The first-order valence-corrected chi connectivity index (χ1v) is 12.8. The third-order valence-corrected chi connectivity index (χ3v) is 7.33. The number of hydrogen-bond acceptors (Lipinski definition) is 6. The zero-order valence-corrected chi connectivity index (χ0v) is 21.7. The summed E-state index contributed by atoms with van der Waals surface area (Å²) < 4.78 is 5.24. The Kier molecular flexibility index (Phi) is 7.51. The molecule has 3 aromatic rings. The number of halogens is 2. The molecule has 0 unspecified atom stereocenters. The maximum absolute atomic E-state index is 13.4. The average molecular weight is 526 g/mol. The van der Waals surface area contributed by atoms with Crippen molar-refractivity contribution in [2.24, 2.45) is 0 Å². The first-order chi connectivity index (χ1) is 17.5. The van der Waals surface area contributed by atoms with Gasteiger partial charge in [-0.05, 0) is 47.5 Å². The van der Waals surface area contributed by atoms with Gasteiger partial charge in [-0.25, -0.2) is 4.98 Å². The van der Waals surface area contributed by atoms with Crippen LogP contribution in [0, 0.1) is 0 Å². The Labute approximate surface area is 221 Å². The minimum atomic E-state index is 0.0145. The predicted molar refractivity (Wildman–Crippen MR) is 144 cm³/mol. The molecule has 9 heteroatoms. The fourth-order valence-corrected chi connectivity index (χ4v) is 5.06. The summed E-state index contributed by atoms with van der Waals surface area (Å²) in [6.45, 7) is 6.03. The smallest absolute Gasteiger partial charge is 0.255 e. The molecular formula is C27H29Cl2N5O2. The number of nitrogens with zero attached hydrogens (tertiary/aromatic N) is 4. The van der Waals surface area contributed by atoms with Gasteiger partial charge in [-0.3, -0.25) is 9.69 Å². The van der Waals surface area contributed by atoms with Gasteiger partial charge in [-0.1, -0.05) is 35.3 Å². The number of pyridine rings is 1. The summed E-state index contributed by atoms with van der Waals surface area (Å²) in [5.41, 5.74) is 3.69. The van der Waals surface area contributed by atoms with Crippen LogP contribution >= 0.6 is 23.2 Å². The third-order valence-electron chi connectivity index (χ3n) is 6.72. The van der Waals surface area contributed by atoms with Crippen LogP contribution in [0.3, 0.4) is 0 Å². The van der Waals surface area contributed by atoms with Gasteiger partial charge in [0, 0.05) is 68.6 Å². The van der Waals surface area contributed by atoms with E-state index < -0.39 is 0 Å². The molecular weight excluding hydrogens is 497 g/mol. The quantitative estimate of drug-likeness (QED) is 0.499. The third kappa shape index (κ3) is 5.53. The Balaban J connectivity index is 1.24. The molecule has 1 aromatic heterocycles.